The van der Waals surface area contributed by atoms with E-state index in [4.69, 9.17) is 4.74 Å². The molecule has 0 aromatic heterocycles. The van der Waals surface area contributed by atoms with Crippen molar-refractivity contribution in [2.24, 2.45) is 0 Å². The van der Waals surface area contributed by atoms with E-state index in [9.17, 15) is 17.6 Å². The van der Waals surface area contributed by atoms with E-state index in [0.29, 0.717) is 11.8 Å². The van der Waals surface area contributed by atoms with E-state index in [0.717, 1.165) is 17.7 Å². The normalized spacial score (nSPS) is 11.3. The van der Waals surface area contributed by atoms with Crippen LogP contribution in [0.15, 0.2) is 42.5 Å². The minimum absolute atomic E-state index is 0.187. The molecule has 0 radical (unpaired) electrons. The molecule has 0 spiro atoms. The molecule has 0 amide bonds. The zero-order chi connectivity index (χ0) is 15.5. The number of halogens is 4. The van der Waals surface area contributed by atoms with Gasteiger partial charge in [0, 0.05) is 6.54 Å². The maximum atomic E-state index is 13.6. The molecule has 2 rings (SSSR count). The second kappa shape index (κ2) is 6.03. The molecule has 0 bridgehead atoms. The molecule has 1 N–H and O–H groups in total. The van der Waals surface area contributed by atoms with Crippen LogP contribution in [0.3, 0.4) is 0 Å². The summed E-state index contributed by atoms with van der Waals surface area (Å²) in [5.74, 6) is -0.107. The Kier molecular flexibility index (Phi) is 4.35. The topological polar surface area (TPSA) is 21.3 Å². The van der Waals surface area contributed by atoms with E-state index >= 15 is 0 Å². The molecule has 0 saturated heterocycles. The van der Waals surface area contributed by atoms with Crippen molar-refractivity contribution >= 4 is 5.69 Å². The fourth-order valence-electron chi connectivity index (χ4n) is 1.82. The Morgan fingerprint density at radius 3 is 2.52 bits per heavy atom. The van der Waals surface area contributed by atoms with Gasteiger partial charge in [0.05, 0.1) is 18.4 Å². The fourth-order valence-corrected chi connectivity index (χ4v) is 1.82. The van der Waals surface area contributed by atoms with E-state index in [1.54, 1.807) is 24.3 Å². The van der Waals surface area contributed by atoms with Crippen molar-refractivity contribution in [3.63, 3.8) is 0 Å². The van der Waals surface area contributed by atoms with Crippen molar-refractivity contribution in [1.29, 1.82) is 0 Å². The highest BCUT2D eigenvalue weighted by Gasteiger charge is 2.31. The molecule has 0 aliphatic rings. The Hall–Kier alpha value is -2.24. The van der Waals surface area contributed by atoms with Gasteiger partial charge in [-0.3, -0.25) is 0 Å². The van der Waals surface area contributed by atoms with Gasteiger partial charge in [-0.2, -0.15) is 13.2 Å². The van der Waals surface area contributed by atoms with Crippen LogP contribution in [-0.4, -0.2) is 7.11 Å². The van der Waals surface area contributed by atoms with E-state index in [-0.39, 0.29) is 12.2 Å². The number of hydrogen-bond acceptors (Lipinski definition) is 2. The Morgan fingerprint density at radius 1 is 1.10 bits per heavy atom. The van der Waals surface area contributed by atoms with Crippen molar-refractivity contribution < 1.29 is 22.3 Å². The van der Waals surface area contributed by atoms with Crippen LogP contribution in [0, 0.1) is 5.82 Å². The van der Waals surface area contributed by atoms with Gasteiger partial charge >= 0.3 is 6.18 Å². The summed E-state index contributed by atoms with van der Waals surface area (Å²) in [6.45, 7) is 0.190. The van der Waals surface area contributed by atoms with Crippen molar-refractivity contribution in [3.05, 3.63) is 59.4 Å². The molecule has 0 unspecified atom stereocenters. The second-order valence-electron chi connectivity index (χ2n) is 4.40. The number of rotatable bonds is 4. The third-order valence-electron chi connectivity index (χ3n) is 2.91. The average Bonchev–Trinajstić information content (AvgIpc) is 2.45. The summed E-state index contributed by atoms with van der Waals surface area (Å²) in [6, 6.07) is 9.25. The summed E-state index contributed by atoms with van der Waals surface area (Å²) in [7, 11) is 1.51. The number of hydrogen-bond donors (Lipinski definition) is 1. The number of benzene rings is 2. The lowest BCUT2D eigenvalue weighted by Crippen LogP contribution is -2.08. The van der Waals surface area contributed by atoms with Crippen LogP contribution in [-0.2, 0) is 12.7 Å². The van der Waals surface area contributed by atoms with Gasteiger partial charge in [0.2, 0.25) is 0 Å². The molecule has 0 aliphatic carbocycles. The van der Waals surface area contributed by atoms with Crippen LogP contribution in [0.25, 0.3) is 0 Å². The molecule has 6 heteroatoms. The quantitative estimate of drug-likeness (QED) is 0.841. The van der Waals surface area contributed by atoms with Gasteiger partial charge in [-0.1, -0.05) is 12.1 Å². The average molecular weight is 299 g/mol. The lowest BCUT2D eigenvalue weighted by Gasteiger charge is -2.12. The van der Waals surface area contributed by atoms with Gasteiger partial charge in [0.25, 0.3) is 0 Å². The number of ether oxygens (including phenoxy) is 1. The highest BCUT2D eigenvalue weighted by molar-refractivity contribution is 5.48. The van der Waals surface area contributed by atoms with E-state index in [2.05, 4.69) is 5.32 Å². The van der Waals surface area contributed by atoms with Gasteiger partial charge in [-0.15, -0.1) is 0 Å². The number of nitrogens with one attached hydrogen (secondary N) is 1. The van der Waals surface area contributed by atoms with Crippen LogP contribution in [0.1, 0.15) is 11.1 Å². The number of anilines is 1. The van der Waals surface area contributed by atoms with Crippen LogP contribution < -0.4 is 10.1 Å². The first-order valence-corrected chi connectivity index (χ1v) is 6.13. The van der Waals surface area contributed by atoms with E-state index in [1.165, 1.54) is 7.11 Å². The molecule has 2 nitrogen and oxygen atoms in total. The molecular weight excluding hydrogens is 286 g/mol. The Morgan fingerprint density at radius 2 is 1.86 bits per heavy atom. The smallest absolute Gasteiger partial charge is 0.416 e. The van der Waals surface area contributed by atoms with Gasteiger partial charge in [0.1, 0.15) is 11.6 Å². The molecular formula is C15H13F4NO. The summed E-state index contributed by atoms with van der Waals surface area (Å²) in [5, 5.41) is 2.66. The summed E-state index contributed by atoms with van der Waals surface area (Å²) in [5.41, 5.74) is -0.309. The summed E-state index contributed by atoms with van der Waals surface area (Å²) in [4.78, 5) is 0. The maximum absolute atomic E-state index is 13.6. The van der Waals surface area contributed by atoms with Crippen LogP contribution in [0.5, 0.6) is 5.75 Å². The minimum atomic E-state index is -4.50. The largest absolute Gasteiger partial charge is 0.497 e. The molecule has 2 aromatic carbocycles. The van der Waals surface area contributed by atoms with Crippen LogP contribution >= 0.6 is 0 Å². The molecule has 2 aromatic rings. The monoisotopic (exact) mass is 299 g/mol. The predicted octanol–water partition coefficient (Wildman–Crippen LogP) is 4.47. The Bertz CT molecular complexity index is 625. The van der Waals surface area contributed by atoms with Gasteiger partial charge in [0.15, 0.2) is 0 Å². The van der Waals surface area contributed by atoms with Gasteiger partial charge in [-0.05, 0) is 35.9 Å². The molecule has 0 atom stereocenters. The standard InChI is InChI=1S/C15H13F4NO/c1-21-12-4-2-3-10(7-12)9-20-14-8-11(15(17,18)19)5-6-13(14)16/h2-8,20H,9H2,1H3. The predicted molar refractivity (Wildman–Crippen MR) is 71.7 cm³/mol. The van der Waals surface area contributed by atoms with Crippen molar-refractivity contribution in [2.45, 2.75) is 12.7 Å². The zero-order valence-electron chi connectivity index (χ0n) is 11.2. The highest BCUT2D eigenvalue weighted by atomic mass is 19.4. The molecule has 0 aliphatic heterocycles. The first-order chi connectivity index (χ1) is 9.90. The SMILES string of the molecule is COc1cccc(CNc2cc(C(F)(F)F)ccc2F)c1. The first kappa shape index (κ1) is 15.2. The molecule has 0 heterocycles. The summed E-state index contributed by atoms with van der Waals surface area (Å²) < 4.78 is 56.4. The molecule has 112 valence electrons. The fraction of sp³-hybridized carbons (Fsp3) is 0.200. The lowest BCUT2D eigenvalue weighted by molar-refractivity contribution is -0.137. The lowest BCUT2D eigenvalue weighted by atomic mass is 10.1. The number of alkyl halides is 3. The van der Waals surface area contributed by atoms with Crippen LogP contribution in [0.2, 0.25) is 0 Å². The maximum Gasteiger partial charge on any atom is 0.416 e. The van der Waals surface area contributed by atoms with Crippen molar-refractivity contribution in [1.82, 2.24) is 0 Å². The highest BCUT2D eigenvalue weighted by Crippen LogP contribution is 2.32. The van der Waals surface area contributed by atoms with Gasteiger partial charge < -0.3 is 10.1 Å². The van der Waals surface area contributed by atoms with Crippen molar-refractivity contribution in [3.8, 4) is 5.75 Å². The molecule has 0 saturated carbocycles. The van der Waals surface area contributed by atoms with Crippen molar-refractivity contribution in [2.75, 3.05) is 12.4 Å². The van der Waals surface area contributed by atoms with Crippen LogP contribution in [0.4, 0.5) is 23.2 Å². The number of methoxy groups -OCH3 is 1. The van der Waals surface area contributed by atoms with E-state index in [1.807, 2.05) is 0 Å². The zero-order valence-corrected chi connectivity index (χ0v) is 11.2. The third kappa shape index (κ3) is 3.87. The second-order valence-corrected chi connectivity index (χ2v) is 4.40. The minimum Gasteiger partial charge on any atom is -0.497 e. The summed E-state index contributed by atoms with van der Waals surface area (Å²) in [6.07, 6.45) is -4.50. The Balaban J connectivity index is 2.15. The Labute approximate surface area is 119 Å². The van der Waals surface area contributed by atoms with Gasteiger partial charge in [-0.25, -0.2) is 4.39 Å². The summed E-state index contributed by atoms with van der Waals surface area (Å²) >= 11 is 0. The first-order valence-electron chi connectivity index (χ1n) is 6.13. The molecule has 21 heavy (non-hydrogen) atoms. The molecule has 0 fully saturated rings. The van der Waals surface area contributed by atoms with E-state index < -0.39 is 17.6 Å². The third-order valence-corrected chi connectivity index (χ3v) is 2.91.